The molecule has 0 spiro atoms. The van der Waals surface area contributed by atoms with Crippen LogP contribution < -0.4 is 5.32 Å². The van der Waals surface area contributed by atoms with Gasteiger partial charge >= 0.3 is 0 Å². The molecule has 1 atom stereocenters. The Labute approximate surface area is 158 Å². The van der Waals surface area contributed by atoms with Crippen molar-refractivity contribution >= 4 is 15.9 Å². The number of rotatable bonds is 6. The fraction of sp³-hybridized carbons (Fsp3) is 0.947. The summed E-state index contributed by atoms with van der Waals surface area (Å²) >= 11 is 0. The van der Waals surface area contributed by atoms with E-state index in [2.05, 4.69) is 5.32 Å². The molecule has 7 heteroatoms. The van der Waals surface area contributed by atoms with E-state index in [9.17, 15) is 13.2 Å². The van der Waals surface area contributed by atoms with Crippen LogP contribution in [0.4, 0.5) is 0 Å². The van der Waals surface area contributed by atoms with E-state index in [4.69, 9.17) is 0 Å². The predicted molar refractivity (Wildman–Crippen MR) is 103 cm³/mol. The molecular weight excluding hydrogens is 350 g/mol. The summed E-state index contributed by atoms with van der Waals surface area (Å²) < 4.78 is 28.0. The molecule has 0 radical (unpaired) electrons. The van der Waals surface area contributed by atoms with Gasteiger partial charge < -0.3 is 10.2 Å². The van der Waals surface area contributed by atoms with Gasteiger partial charge in [0.05, 0.1) is 5.25 Å². The first-order chi connectivity index (χ1) is 12.5. The van der Waals surface area contributed by atoms with E-state index in [1.165, 1.54) is 0 Å². The second kappa shape index (κ2) is 9.02. The van der Waals surface area contributed by atoms with Crippen molar-refractivity contribution in [3.8, 4) is 0 Å². The van der Waals surface area contributed by atoms with Crippen molar-refractivity contribution in [3.05, 3.63) is 0 Å². The molecule has 0 aromatic carbocycles. The molecule has 2 heterocycles. The van der Waals surface area contributed by atoms with Gasteiger partial charge in [-0.2, -0.15) is 0 Å². The minimum Gasteiger partial charge on any atom is -0.341 e. The Morgan fingerprint density at radius 3 is 2.35 bits per heavy atom. The molecule has 1 saturated carbocycles. The second-order valence-electron chi connectivity index (χ2n) is 8.31. The lowest BCUT2D eigenvalue weighted by Crippen LogP contribution is -2.52. The van der Waals surface area contributed by atoms with E-state index in [1.54, 1.807) is 4.31 Å². The molecule has 1 amide bonds. The second-order valence-corrected chi connectivity index (χ2v) is 10.5. The van der Waals surface area contributed by atoms with Crippen molar-refractivity contribution in [1.82, 2.24) is 14.5 Å². The van der Waals surface area contributed by atoms with Crippen LogP contribution in [0.2, 0.25) is 0 Å². The lowest BCUT2D eigenvalue weighted by Gasteiger charge is -2.38. The number of sulfonamides is 1. The Morgan fingerprint density at radius 2 is 1.69 bits per heavy atom. The van der Waals surface area contributed by atoms with Gasteiger partial charge in [-0.1, -0.05) is 12.8 Å². The average Bonchev–Trinajstić information content (AvgIpc) is 3.21. The van der Waals surface area contributed by atoms with Crippen molar-refractivity contribution in [2.24, 2.45) is 11.8 Å². The minimum absolute atomic E-state index is 0.138. The van der Waals surface area contributed by atoms with Crippen molar-refractivity contribution in [2.45, 2.75) is 63.0 Å². The van der Waals surface area contributed by atoms with Crippen molar-refractivity contribution < 1.29 is 13.2 Å². The van der Waals surface area contributed by atoms with Gasteiger partial charge in [-0.3, -0.25) is 4.79 Å². The van der Waals surface area contributed by atoms with Gasteiger partial charge in [-0.15, -0.1) is 0 Å². The maximum absolute atomic E-state index is 13.1. The first-order valence-electron chi connectivity index (χ1n) is 10.4. The van der Waals surface area contributed by atoms with Crippen LogP contribution in [-0.2, 0) is 14.8 Å². The Bertz CT molecular complexity index is 567. The summed E-state index contributed by atoms with van der Waals surface area (Å²) in [6.45, 7) is 3.41. The van der Waals surface area contributed by atoms with Gasteiger partial charge in [0.1, 0.15) is 0 Å². The maximum Gasteiger partial charge on any atom is 0.225 e. The van der Waals surface area contributed by atoms with E-state index in [-0.39, 0.29) is 11.8 Å². The summed E-state index contributed by atoms with van der Waals surface area (Å²) in [5.41, 5.74) is 0. The van der Waals surface area contributed by atoms with E-state index in [0.29, 0.717) is 32.0 Å². The molecule has 2 saturated heterocycles. The molecule has 26 heavy (non-hydrogen) atoms. The number of piperidine rings is 2. The van der Waals surface area contributed by atoms with Gasteiger partial charge in [-0.25, -0.2) is 12.7 Å². The molecule has 1 N–H and O–H groups in total. The highest BCUT2D eigenvalue weighted by atomic mass is 32.2. The molecule has 3 aliphatic rings. The van der Waals surface area contributed by atoms with E-state index in [0.717, 1.165) is 64.5 Å². The minimum atomic E-state index is -3.30. The van der Waals surface area contributed by atoms with Gasteiger partial charge in [0.25, 0.3) is 0 Å². The third-order valence-electron chi connectivity index (χ3n) is 6.55. The van der Waals surface area contributed by atoms with E-state index in [1.807, 2.05) is 11.9 Å². The van der Waals surface area contributed by atoms with Crippen LogP contribution in [0.15, 0.2) is 0 Å². The van der Waals surface area contributed by atoms with E-state index < -0.39 is 15.3 Å². The topological polar surface area (TPSA) is 69.7 Å². The monoisotopic (exact) mass is 385 g/mol. The zero-order valence-corrected chi connectivity index (χ0v) is 17.0. The molecule has 2 aliphatic heterocycles. The summed E-state index contributed by atoms with van der Waals surface area (Å²) in [4.78, 5) is 14.6. The van der Waals surface area contributed by atoms with Crippen molar-refractivity contribution in [2.75, 3.05) is 39.8 Å². The highest BCUT2D eigenvalue weighted by Crippen LogP contribution is 2.30. The van der Waals surface area contributed by atoms with Crippen molar-refractivity contribution in [1.29, 1.82) is 0 Å². The van der Waals surface area contributed by atoms with Gasteiger partial charge in [0.15, 0.2) is 0 Å². The quantitative estimate of drug-likeness (QED) is 0.757. The van der Waals surface area contributed by atoms with Gasteiger partial charge in [-0.05, 0) is 64.5 Å². The number of carbonyl (C=O) groups is 1. The van der Waals surface area contributed by atoms with Crippen LogP contribution in [-0.4, -0.2) is 68.6 Å². The normalized spacial score (nSPS) is 27.1. The maximum atomic E-state index is 13.1. The smallest absolute Gasteiger partial charge is 0.225 e. The molecule has 150 valence electrons. The summed E-state index contributed by atoms with van der Waals surface area (Å²) in [5.74, 6) is 0.966. The van der Waals surface area contributed by atoms with Crippen LogP contribution >= 0.6 is 0 Å². The summed E-state index contributed by atoms with van der Waals surface area (Å²) in [7, 11) is -1.34. The third kappa shape index (κ3) is 4.60. The van der Waals surface area contributed by atoms with Crippen LogP contribution in [0.3, 0.4) is 0 Å². The molecule has 1 unspecified atom stereocenters. The number of amides is 1. The Kier molecular flexibility index (Phi) is 6.97. The molecule has 0 aromatic rings. The number of hydrogen-bond acceptors (Lipinski definition) is 4. The van der Waals surface area contributed by atoms with Crippen LogP contribution in [0.5, 0.6) is 0 Å². The third-order valence-corrected chi connectivity index (χ3v) is 8.86. The van der Waals surface area contributed by atoms with Crippen LogP contribution in [0.25, 0.3) is 0 Å². The van der Waals surface area contributed by atoms with E-state index >= 15 is 0 Å². The van der Waals surface area contributed by atoms with Gasteiger partial charge in [0, 0.05) is 32.1 Å². The fourth-order valence-corrected chi connectivity index (χ4v) is 6.80. The largest absolute Gasteiger partial charge is 0.341 e. The number of likely N-dealkylation sites (tertiary alicyclic amines) is 1. The first kappa shape index (κ1) is 20.1. The SMILES string of the molecule is CNCCC1CCN(S(=O)(=O)C2CCCN(C(=O)C3CCCC3)C2)CC1. The average molecular weight is 386 g/mol. The molecule has 1 aliphatic carbocycles. The number of hydrogen-bond donors (Lipinski definition) is 1. The highest BCUT2D eigenvalue weighted by Gasteiger charge is 2.39. The summed E-state index contributed by atoms with van der Waals surface area (Å²) in [6.07, 6.45) is 8.76. The molecule has 3 rings (SSSR count). The zero-order chi connectivity index (χ0) is 18.6. The highest BCUT2D eigenvalue weighted by molar-refractivity contribution is 7.89. The lowest BCUT2D eigenvalue weighted by atomic mass is 9.95. The first-order valence-corrected chi connectivity index (χ1v) is 11.9. The number of nitrogens with zero attached hydrogens (tertiary/aromatic N) is 2. The number of nitrogens with one attached hydrogen (secondary N) is 1. The summed E-state index contributed by atoms with van der Waals surface area (Å²) in [5, 5.41) is 2.77. The Morgan fingerprint density at radius 1 is 1.00 bits per heavy atom. The molecule has 0 aromatic heterocycles. The molecule has 0 bridgehead atoms. The van der Waals surface area contributed by atoms with Gasteiger partial charge in [0.2, 0.25) is 15.9 Å². The van der Waals surface area contributed by atoms with Crippen LogP contribution in [0, 0.1) is 11.8 Å². The van der Waals surface area contributed by atoms with Crippen molar-refractivity contribution in [3.63, 3.8) is 0 Å². The van der Waals surface area contributed by atoms with Crippen LogP contribution in [0.1, 0.15) is 57.8 Å². The Hall–Kier alpha value is -0.660. The lowest BCUT2D eigenvalue weighted by molar-refractivity contribution is -0.136. The number of carbonyl (C=O) groups excluding carboxylic acids is 1. The molecule has 3 fully saturated rings. The molecule has 6 nitrogen and oxygen atoms in total. The predicted octanol–water partition coefficient (Wildman–Crippen LogP) is 1.82. The standard InChI is InChI=1S/C19H35N3O3S/c1-20-11-8-16-9-13-22(14-10-16)26(24,25)18-7-4-12-21(15-18)19(23)17-5-2-3-6-17/h16-18,20H,2-15H2,1H3. The zero-order valence-electron chi connectivity index (χ0n) is 16.2. The fourth-order valence-electron chi connectivity index (χ4n) is 4.82. The molecular formula is C19H35N3O3S. The Balaban J connectivity index is 1.56. The summed E-state index contributed by atoms with van der Waals surface area (Å²) in [6, 6.07) is 0.